The molecule has 2 aromatic rings. The highest BCUT2D eigenvalue weighted by molar-refractivity contribution is 5.91. The lowest BCUT2D eigenvalue weighted by Gasteiger charge is -2.12. The molecule has 20 heavy (non-hydrogen) atoms. The maximum absolute atomic E-state index is 11.7. The second-order valence-corrected chi connectivity index (χ2v) is 4.44. The third-order valence-electron chi connectivity index (χ3n) is 2.99. The van der Waals surface area contributed by atoms with Crippen LogP contribution in [0.1, 0.15) is 29.0 Å². The Kier molecular flexibility index (Phi) is 4.14. The minimum absolute atomic E-state index is 0.0507. The smallest absolute Gasteiger partial charge is 0.286 e. The molecule has 0 radical (unpaired) electrons. The number of hydrogen-bond donors (Lipinski definition) is 1. The summed E-state index contributed by atoms with van der Waals surface area (Å²) in [5.41, 5.74) is 0.982. The van der Waals surface area contributed by atoms with E-state index in [1.807, 2.05) is 6.92 Å². The first-order chi connectivity index (χ1) is 9.58. The zero-order chi connectivity index (χ0) is 14.5. The molecule has 1 heterocycles. The van der Waals surface area contributed by atoms with Gasteiger partial charge in [-0.3, -0.25) is 14.9 Å². The SMILES string of the molecule is CC(CNC(=O)c1ccco1)c1ccc([N+](=O)[O-])cc1. The Bertz CT molecular complexity index is 590. The van der Waals surface area contributed by atoms with Gasteiger partial charge in [-0.1, -0.05) is 19.1 Å². The van der Waals surface area contributed by atoms with Crippen LogP contribution >= 0.6 is 0 Å². The standard InChI is InChI=1S/C14H14N2O4/c1-10(9-15-14(17)13-3-2-8-20-13)11-4-6-12(7-5-11)16(18)19/h2-8,10H,9H2,1H3,(H,15,17). The fourth-order valence-electron chi connectivity index (χ4n) is 1.78. The maximum atomic E-state index is 11.7. The van der Waals surface area contributed by atoms with E-state index in [1.54, 1.807) is 24.3 Å². The Balaban J connectivity index is 1.93. The second kappa shape index (κ2) is 6.01. The van der Waals surface area contributed by atoms with Crippen LogP contribution in [0.2, 0.25) is 0 Å². The quantitative estimate of drug-likeness (QED) is 0.671. The van der Waals surface area contributed by atoms with Gasteiger partial charge in [0.25, 0.3) is 11.6 Å². The van der Waals surface area contributed by atoms with E-state index in [4.69, 9.17) is 4.42 Å². The number of nitro benzene ring substituents is 1. The number of nitrogens with one attached hydrogen (secondary N) is 1. The molecule has 1 amide bonds. The Labute approximate surface area is 115 Å². The molecule has 2 rings (SSSR count). The van der Waals surface area contributed by atoms with Crippen LogP contribution in [-0.4, -0.2) is 17.4 Å². The average molecular weight is 274 g/mol. The highest BCUT2D eigenvalue weighted by Gasteiger charge is 2.12. The van der Waals surface area contributed by atoms with Gasteiger partial charge in [0.05, 0.1) is 11.2 Å². The fourth-order valence-corrected chi connectivity index (χ4v) is 1.78. The van der Waals surface area contributed by atoms with E-state index in [-0.39, 0.29) is 23.3 Å². The summed E-state index contributed by atoms with van der Waals surface area (Å²) in [5.74, 6) is 0.0411. The van der Waals surface area contributed by atoms with E-state index < -0.39 is 4.92 Å². The van der Waals surface area contributed by atoms with Crippen molar-refractivity contribution in [3.63, 3.8) is 0 Å². The van der Waals surface area contributed by atoms with E-state index in [2.05, 4.69) is 5.32 Å². The Morgan fingerprint density at radius 1 is 1.35 bits per heavy atom. The molecule has 0 aliphatic rings. The fraction of sp³-hybridized carbons (Fsp3) is 0.214. The van der Waals surface area contributed by atoms with Crippen LogP contribution in [0, 0.1) is 10.1 Å². The molecule has 0 bridgehead atoms. The Morgan fingerprint density at radius 2 is 2.05 bits per heavy atom. The third kappa shape index (κ3) is 3.23. The Hall–Kier alpha value is -2.63. The molecular formula is C14H14N2O4. The molecule has 104 valence electrons. The van der Waals surface area contributed by atoms with Crippen LogP contribution < -0.4 is 5.32 Å². The summed E-state index contributed by atoms with van der Waals surface area (Å²) in [4.78, 5) is 21.8. The summed E-state index contributed by atoms with van der Waals surface area (Å²) >= 11 is 0. The number of carbonyl (C=O) groups is 1. The zero-order valence-corrected chi connectivity index (χ0v) is 10.9. The molecule has 6 nitrogen and oxygen atoms in total. The second-order valence-electron chi connectivity index (χ2n) is 4.44. The zero-order valence-electron chi connectivity index (χ0n) is 10.9. The van der Waals surface area contributed by atoms with Crippen LogP contribution in [0.5, 0.6) is 0 Å². The highest BCUT2D eigenvalue weighted by atomic mass is 16.6. The van der Waals surface area contributed by atoms with E-state index in [1.165, 1.54) is 18.4 Å². The van der Waals surface area contributed by atoms with Gasteiger partial charge in [0.15, 0.2) is 5.76 Å². The van der Waals surface area contributed by atoms with Gasteiger partial charge in [0.1, 0.15) is 0 Å². The minimum Gasteiger partial charge on any atom is -0.459 e. The monoisotopic (exact) mass is 274 g/mol. The predicted octanol–water partition coefficient (Wildman–Crippen LogP) is 2.72. The summed E-state index contributed by atoms with van der Waals surface area (Å²) in [7, 11) is 0. The van der Waals surface area contributed by atoms with Gasteiger partial charge in [0, 0.05) is 18.7 Å². The number of benzene rings is 1. The van der Waals surface area contributed by atoms with Crippen molar-refractivity contribution < 1.29 is 14.1 Å². The number of furan rings is 1. The van der Waals surface area contributed by atoms with Crippen LogP contribution in [0.3, 0.4) is 0 Å². The molecule has 0 fully saturated rings. The number of nitro groups is 1. The number of non-ortho nitro benzene ring substituents is 1. The lowest BCUT2D eigenvalue weighted by molar-refractivity contribution is -0.384. The summed E-state index contributed by atoms with van der Waals surface area (Å²) < 4.78 is 4.99. The van der Waals surface area contributed by atoms with Gasteiger partial charge < -0.3 is 9.73 Å². The molecule has 1 unspecified atom stereocenters. The van der Waals surface area contributed by atoms with Gasteiger partial charge in [-0.05, 0) is 23.6 Å². The summed E-state index contributed by atoms with van der Waals surface area (Å²) in [5, 5.41) is 13.3. The first kappa shape index (κ1) is 13.8. The predicted molar refractivity (Wildman–Crippen MR) is 72.6 cm³/mol. The van der Waals surface area contributed by atoms with Crippen molar-refractivity contribution in [1.29, 1.82) is 0 Å². The van der Waals surface area contributed by atoms with Crippen molar-refractivity contribution in [1.82, 2.24) is 5.32 Å². The average Bonchev–Trinajstić information content (AvgIpc) is 2.98. The molecule has 1 aromatic carbocycles. The van der Waals surface area contributed by atoms with E-state index >= 15 is 0 Å². The van der Waals surface area contributed by atoms with Gasteiger partial charge in [-0.25, -0.2) is 0 Å². The topological polar surface area (TPSA) is 85.4 Å². The van der Waals surface area contributed by atoms with Crippen molar-refractivity contribution in [2.24, 2.45) is 0 Å². The number of amides is 1. The molecule has 0 saturated carbocycles. The first-order valence-corrected chi connectivity index (χ1v) is 6.14. The van der Waals surface area contributed by atoms with Crippen molar-refractivity contribution in [3.8, 4) is 0 Å². The largest absolute Gasteiger partial charge is 0.459 e. The maximum Gasteiger partial charge on any atom is 0.286 e. The van der Waals surface area contributed by atoms with E-state index in [0.717, 1.165) is 5.56 Å². The molecule has 1 atom stereocenters. The van der Waals surface area contributed by atoms with Crippen LogP contribution in [-0.2, 0) is 0 Å². The van der Waals surface area contributed by atoms with Crippen molar-refractivity contribution in [2.45, 2.75) is 12.8 Å². The third-order valence-corrected chi connectivity index (χ3v) is 2.99. The minimum atomic E-state index is -0.437. The highest BCUT2D eigenvalue weighted by Crippen LogP contribution is 2.18. The van der Waals surface area contributed by atoms with Crippen LogP contribution in [0.15, 0.2) is 47.1 Å². The molecule has 0 aliphatic carbocycles. The van der Waals surface area contributed by atoms with E-state index in [0.29, 0.717) is 6.54 Å². The number of carbonyl (C=O) groups excluding carboxylic acids is 1. The van der Waals surface area contributed by atoms with Gasteiger partial charge >= 0.3 is 0 Å². The molecular weight excluding hydrogens is 260 g/mol. The van der Waals surface area contributed by atoms with Gasteiger partial charge in [-0.2, -0.15) is 0 Å². The van der Waals surface area contributed by atoms with Crippen molar-refractivity contribution in [2.75, 3.05) is 6.54 Å². The first-order valence-electron chi connectivity index (χ1n) is 6.14. The Morgan fingerprint density at radius 3 is 2.60 bits per heavy atom. The van der Waals surface area contributed by atoms with Gasteiger partial charge in [-0.15, -0.1) is 0 Å². The summed E-state index contributed by atoms with van der Waals surface area (Å²) in [6.07, 6.45) is 1.44. The van der Waals surface area contributed by atoms with Crippen LogP contribution in [0.25, 0.3) is 0 Å². The molecule has 1 N–H and O–H groups in total. The molecule has 0 saturated heterocycles. The molecule has 0 aliphatic heterocycles. The number of hydrogen-bond acceptors (Lipinski definition) is 4. The lowest BCUT2D eigenvalue weighted by atomic mass is 10.0. The van der Waals surface area contributed by atoms with Crippen LogP contribution in [0.4, 0.5) is 5.69 Å². The molecule has 6 heteroatoms. The summed E-state index contributed by atoms with van der Waals surface area (Å²) in [6.45, 7) is 2.36. The molecule has 0 spiro atoms. The van der Waals surface area contributed by atoms with Crippen molar-refractivity contribution in [3.05, 3.63) is 64.1 Å². The summed E-state index contributed by atoms with van der Waals surface area (Å²) in [6, 6.07) is 9.55. The molecule has 1 aromatic heterocycles. The van der Waals surface area contributed by atoms with E-state index in [9.17, 15) is 14.9 Å². The normalized spacial score (nSPS) is 11.8. The van der Waals surface area contributed by atoms with Crippen molar-refractivity contribution >= 4 is 11.6 Å². The number of rotatable bonds is 5. The number of nitrogens with zero attached hydrogens (tertiary/aromatic N) is 1. The van der Waals surface area contributed by atoms with Gasteiger partial charge in [0.2, 0.25) is 0 Å². The lowest BCUT2D eigenvalue weighted by Crippen LogP contribution is -2.27.